The van der Waals surface area contributed by atoms with Crippen LogP contribution in [0.2, 0.25) is 0 Å². The van der Waals surface area contributed by atoms with E-state index >= 15 is 0 Å². The van der Waals surface area contributed by atoms with Crippen molar-refractivity contribution in [3.63, 3.8) is 0 Å². The van der Waals surface area contributed by atoms with Crippen LogP contribution in [0.5, 0.6) is 0 Å². The molecule has 1 aromatic heterocycles. The van der Waals surface area contributed by atoms with E-state index in [0.29, 0.717) is 18.2 Å². The number of aromatic nitrogens is 2. The number of halogens is 2. The highest BCUT2D eigenvalue weighted by molar-refractivity contribution is 5.38. The Kier molecular flexibility index (Phi) is 3.89. The molecule has 6 heteroatoms. The van der Waals surface area contributed by atoms with Gasteiger partial charge in [-0.25, -0.2) is 18.7 Å². The molecule has 3 aliphatic heterocycles. The van der Waals surface area contributed by atoms with Crippen LogP contribution < -0.4 is 4.90 Å². The molecule has 0 saturated carbocycles. The zero-order valence-electron chi connectivity index (χ0n) is 14.7. The van der Waals surface area contributed by atoms with Gasteiger partial charge in [-0.1, -0.05) is 12.1 Å². The summed E-state index contributed by atoms with van der Waals surface area (Å²) in [6.45, 7) is 2.51. The molecular weight excluding hydrogens is 334 g/mol. The van der Waals surface area contributed by atoms with E-state index in [1.165, 1.54) is 24.5 Å². The van der Waals surface area contributed by atoms with Gasteiger partial charge in [-0.2, -0.15) is 0 Å². The molecule has 2 saturated heterocycles. The standard InChI is InChI=1S/C20H22F2N4/c21-16-5-3-4-13(19(16)22)12-26-14-6-7-18(26)15-11-23-20(24-17(15)10-14)25-8-1-2-9-25/h3-5,11,14,18H,1-2,6-10,12H2/t14-,18+/m0/s1. The normalized spacial score (nSPS) is 24.9. The van der Waals surface area contributed by atoms with E-state index in [1.54, 1.807) is 12.1 Å². The lowest BCUT2D eigenvalue weighted by Gasteiger charge is -2.36. The number of anilines is 1. The molecule has 0 aliphatic carbocycles. The quantitative estimate of drug-likeness (QED) is 0.841. The SMILES string of the molecule is Fc1cccc(CN2[C@H]3CC[C@@H]2c2cnc(N4CCCC4)nc2C3)c1F. The highest BCUT2D eigenvalue weighted by Crippen LogP contribution is 2.44. The Morgan fingerprint density at radius 2 is 1.96 bits per heavy atom. The van der Waals surface area contributed by atoms with Gasteiger partial charge in [-0.15, -0.1) is 0 Å². The van der Waals surface area contributed by atoms with Crippen molar-refractivity contribution in [1.29, 1.82) is 0 Å². The maximum atomic E-state index is 14.1. The molecular formula is C20H22F2N4. The molecule has 2 fully saturated rings. The zero-order chi connectivity index (χ0) is 17.7. The Balaban J connectivity index is 1.43. The molecule has 4 heterocycles. The number of hydrogen-bond acceptors (Lipinski definition) is 4. The van der Waals surface area contributed by atoms with Gasteiger partial charge >= 0.3 is 0 Å². The van der Waals surface area contributed by atoms with Crippen molar-refractivity contribution in [3.05, 3.63) is 52.9 Å². The Morgan fingerprint density at radius 3 is 2.81 bits per heavy atom. The van der Waals surface area contributed by atoms with Gasteiger partial charge in [0, 0.05) is 55.5 Å². The van der Waals surface area contributed by atoms with Gasteiger partial charge in [0.05, 0.1) is 5.69 Å². The summed E-state index contributed by atoms with van der Waals surface area (Å²) in [4.78, 5) is 14.0. The minimum absolute atomic E-state index is 0.207. The average Bonchev–Trinajstić information content (AvgIpc) is 3.27. The second-order valence-electron chi connectivity index (χ2n) is 7.60. The van der Waals surface area contributed by atoms with Crippen LogP contribution in [0, 0.1) is 11.6 Å². The van der Waals surface area contributed by atoms with Crippen LogP contribution in [0.4, 0.5) is 14.7 Å². The summed E-state index contributed by atoms with van der Waals surface area (Å²) in [6, 6.07) is 4.99. The van der Waals surface area contributed by atoms with Crippen molar-refractivity contribution in [2.75, 3.05) is 18.0 Å². The Hall–Kier alpha value is -2.08. The fraction of sp³-hybridized carbons (Fsp3) is 0.500. The van der Waals surface area contributed by atoms with E-state index in [0.717, 1.165) is 44.0 Å². The molecule has 5 rings (SSSR count). The lowest BCUT2D eigenvalue weighted by atomic mass is 9.98. The molecule has 4 nitrogen and oxygen atoms in total. The van der Waals surface area contributed by atoms with Crippen molar-refractivity contribution >= 4 is 5.95 Å². The molecule has 0 N–H and O–H groups in total. The Bertz CT molecular complexity index is 835. The summed E-state index contributed by atoms with van der Waals surface area (Å²) < 4.78 is 27.7. The van der Waals surface area contributed by atoms with Crippen molar-refractivity contribution < 1.29 is 8.78 Å². The molecule has 2 atom stereocenters. The minimum Gasteiger partial charge on any atom is -0.341 e. The van der Waals surface area contributed by atoms with Gasteiger partial charge in [0.25, 0.3) is 0 Å². The van der Waals surface area contributed by atoms with Gasteiger partial charge in [0.1, 0.15) is 0 Å². The highest BCUT2D eigenvalue weighted by atomic mass is 19.2. The van der Waals surface area contributed by atoms with E-state index in [-0.39, 0.29) is 6.04 Å². The van der Waals surface area contributed by atoms with E-state index in [9.17, 15) is 8.78 Å². The molecule has 2 bridgehead atoms. The summed E-state index contributed by atoms with van der Waals surface area (Å²) in [5.41, 5.74) is 2.74. The van der Waals surface area contributed by atoms with Gasteiger partial charge in [0.15, 0.2) is 11.6 Å². The fourth-order valence-electron chi connectivity index (χ4n) is 4.75. The van der Waals surface area contributed by atoms with Gasteiger partial charge in [-0.05, 0) is 31.7 Å². The van der Waals surface area contributed by atoms with Crippen LogP contribution in [0.3, 0.4) is 0 Å². The number of benzene rings is 1. The van der Waals surface area contributed by atoms with Crippen LogP contribution in [0.25, 0.3) is 0 Å². The van der Waals surface area contributed by atoms with Crippen LogP contribution in [0.15, 0.2) is 24.4 Å². The smallest absolute Gasteiger partial charge is 0.225 e. The maximum absolute atomic E-state index is 14.1. The van der Waals surface area contributed by atoms with Gasteiger partial charge in [0.2, 0.25) is 5.95 Å². The first-order chi connectivity index (χ1) is 12.7. The minimum atomic E-state index is -0.772. The third kappa shape index (κ3) is 2.58. The lowest BCUT2D eigenvalue weighted by Crippen LogP contribution is -2.38. The van der Waals surface area contributed by atoms with E-state index in [2.05, 4.69) is 14.8 Å². The topological polar surface area (TPSA) is 32.3 Å². The number of hydrogen-bond donors (Lipinski definition) is 0. The summed E-state index contributed by atoms with van der Waals surface area (Å²) in [6.07, 6.45) is 7.35. The summed E-state index contributed by atoms with van der Waals surface area (Å²) in [5.74, 6) is -0.644. The highest BCUT2D eigenvalue weighted by Gasteiger charge is 2.41. The van der Waals surface area contributed by atoms with Crippen LogP contribution in [0.1, 0.15) is 48.5 Å². The largest absolute Gasteiger partial charge is 0.341 e. The number of fused-ring (bicyclic) bond motifs is 4. The number of nitrogens with zero attached hydrogens (tertiary/aromatic N) is 4. The van der Waals surface area contributed by atoms with E-state index in [4.69, 9.17) is 4.98 Å². The molecule has 2 aromatic rings. The first-order valence-corrected chi connectivity index (χ1v) is 9.50. The summed E-state index contributed by atoms with van der Waals surface area (Å²) >= 11 is 0. The molecule has 0 amide bonds. The second kappa shape index (κ2) is 6.27. The Labute approximate surface area is 151 Å². The van der Waals surface area contributed by atoms with Crippen LogP contribution >= 0.6 is 0 Å². The van der Waals surface area contributed by atoms with Crippen molar-refractivity contribution in [2.24, 2.45) is 0 Å². The predicted molar refractivity (Wildman–Crippen MR) is 94.8 cm³/mol. The third-order valence-electron chi connectivity index (χ3n) is 6.09. The fourth-order valence-corrected chi connectivity index (χ4v) is 4.75. The molecule has 0 radical (unpaired) electrons. The molecule has 136 valence electrons. The maximum Gasteiger partial charge on any atom is 0.225 e. The monoisotopic (exact) mass is 356 g/mol. The molecule has 0 unspecified atom stereocenters. The molecule has 3 aliphatic rings. The first kappa shape index (κ1) is 16.1. The zero-order valence-corrected chi connectivity index (χ0v) is 14.7. The van der Waals surface area contributed by atoms with E-state index < -0.39 is 11.6 Å². The second-order valence-corrected chi connectivity index (χ2v) is 7.60. The lowest BCUT2D eigenvalue weighted by molar-refractivity contribution is 0.163. The first-order valence-electron chi connectivity index (χ1n) is 9.50. The molecule has 0 spiro atoms. The Morgan fingerprint density at radius 1 is 1.12 bits per heavy atom. The van der Waals surface area contributed by atoms with Gasteiger partial charge < -0.3 is 4.90 Å². The third-order valence-corrected chi connectivity index (χ3v) is 6.09. The molecule has 26 heavy (non-hydrogen) atoms. The van der Waals surface area contributed by atoms with Crippen LogP contribution in [-0.2, 0) is 13.0 Å². The molecule has 1 aromatic carbocycles. The van der Waals surface area contributed by atoms with E-state index in [1.807, 2.05) is 6.20 Å². The van der Waals surface area contributed by atoms with Crippen molar-refractivity contribution in [3.8, 4) is 0 Å². The summed E-state index contributed by atoms with van der Waals surface area (Å²) in [5, 5.41) is 0. The average molecular weight is 356 g/mol. The number of rotatable bonds is 3. The van der Waals surface area contributed by atoms with Crippen molar-refractivity contribution in [1.82, 2.24) is 14.9 Å². The predicted octanol–water partition coefficient (Wildman–Crippen LogP) is 3.62. The summed E-state index contributed by atoms with van der Waals surface area (Å²) in [7, 11) is 0. The van der Waals surface area contributed by atoms with Gasteiger partial charge in [-0.3, -0.25) is 4.90 Å². The van der Waals surface area contributed by atoms with Crippen molar-refractivity contribution in [2.45, 2.75) is 50.7 Å². The van der Waals surface area contributed by atoms with Crippen LogP contribution in [-0.4, -0.2) is 34.0 Å².